The average molecular weight is 323 g/mol. The third kappa shape index (κ3) is 3.78. The molecule has 0 spiro atoms. The first-order valence-corrected chi connectivity index (χ1v) is 7.67. The van der Waals surface area contributed by atoms with E-state index < -0.39 is 0 Å². The number of nitrogens with zero attached hydrogens (tertiary/aromatic N) is 1. The number of hydrogen-bond donors (Lipinski definition) is 2. The van der Waals surface area contributed by atoms with Crippen LogP contribution in [-0.2, 0) is 11.2 Å². The number of aromatic nitrogens is 1. The Balaban J connectivity index is 1.44. The molecule has 0 saturated carbocycles. The summed E-state index contributed by atoms with van der Waals surface area (Å²) in [5, 5.41) is 10.3. The molecule has 0 unspecified atom stereocenters. The predicted molar refractivity (Wildman–Crippen MR) is 89.5 cm³/mol. The second-order valence-electron chi connectivity index (χ2n) is 5.27. The van der Waals surface area contributed by atoms with Crippen LogP contribution in [0.1, 0.15) is 16.1 Å². The summed E-state index contributed by atoms with van der Waals surface area (Å²) in [5.74, 6) is -0.324. The van der Waals surface area contributed by atoms with Gasteiger partial charge in [-0.2, -0.15) is 0 Å². The van der Waals surface area contributed by atoms with E-state index in [-0.39, 0.29) is 18.2 Å². The second kappa shape index (κ2) is 7.41. The first kappa shape index (κ1) is 15.7. The highest BCUT2D eigenvalue weighted by molar-refractivity contribution is 5.94. The molecule has 0 aliphatic rings. The predicted octanol–water partition coefficient (Wildman–Crippen LogP) is 1.92. The Bertz CT molecular complexity index is 843. The Hall–Kier alpha value is -3.15. The van der Waals surface area contributed by atoms with Crippen molar-refractivity contribution in [1.82, 2.24) is 15.8 Å². The molecule has 6 nitrogen and oxygen atoms in total. The summed E-state index contributed by atoms with van der Waals surface area (Å²) in [4.78, 5) is 23.8. The van der Waals surface area contributed by atoms with Crippen molar-refractivity contribution in [2.24, 2.45) is 0 Å². The normalized spacial score (nSPS) is 10.5. The van der Waals surface area contributed by atoms with E-state index in [0.29, 0.717) is 29.9 Å². The highest BCUT2D eigenvalue weighted by atomic mass is 16.5. The molecule has 6 heteroatoms. The third-order valence-electron chi connectivity index (χ3n) is 3.55. The van der Waals surface area contributed by atoms with Crippen molar-refractivity contribution in [2.75, 3.05) is 13.1 Å². The van der Waals surface area contributed by atoms with E-state index in [2.05, 4.69) is 15.8 Å². The number of hydrogen-bond acceptors (Lipinski definition) is 4. The topological polar surface area (TPSA) is 84.2 Å². The summed E-state index contributed by atoms with van der Waals surface area (Å²) in [7, 11) is 0. The maximum atomic E-state index is 12.0. The monoisotopic (exact) mass is 323 g/mol. The van der Waals surface area contributed by atoms with Gasteiger partial charge < -0.3 is 15.2 Å². The van der Waals surface area contributed by atoms with Crippen molar-refractivity contribution in [3.63, 3.8) is 0 Å². The van der Waals surface area contributed by atoms with Gasteiger partial charge in [-0.15, -0.1) is 0 Å². The average Bonchev–Trinajstić information content (AvgIpc) is 3.02. The van der Waals surface area contributed by atoms with Gasteiger partial charge in [0.05, 0.1) is 6.42 Å². The Labute approximate surface area is 138 Å². The van der Waals surface area contributed by atoms with Crippen LogP contribution in [0, 0.1) is 0 Å². The highest BCUT2D eigenvalue weighted by Gasteiger charge is 2.11. The second-order valence-corrected chi connectivity index (χ2v) is 5.27. The van der Waals surface area contributed by atoms with Gasteiger partial charge in [-0.25, -0.2) is 0 Å². The summed E-state index contributed by atoms with van der Waals surface area (Å²) in [6, 6.07) is 16.3. The first-order valence-electron chi connectivity index (χ1n) is 7.67. The summed E-state index contributed by atoms with van der Waals surface area (Å²) < 4.78 is 5.17. The number of fused-ring (bicyclic) bond motifs is 1. The SMILES string of the molecule is O=C(Cc1noc2ccccc12)NCCNC(=O)c1ccccc1. The van der Waals surface area contributed by atoms with Crippen LogP contribution in [0.5, 0.6) is 0 Å². The fourth-order valence-electron chi connectivity index (χ4n) is 2.35. The van der Waals surface area contributed by atoms with Crippen molar-refractivity contribution in [3.05, 3.63) is 65.9 Å². The molecule has 0 saturated heterocycles. The van der Waals surface area contributed by atoms with Crippen LogP contribution in [-0.4, -0.2) is 30.1 Å². The van der Waals surface area contributed by atoms with E-state index >= 15 is 0 Å². The molecule has 0 radical (unpaired) electrons. The van der Waals surface area contributed by atoms with Gasteiger partial charge >= 0.3 is 0 Å². The zero-order chi connectivity index (χ0) is 16.8. The van der Waals surface area contributed by atoms with E-state index in [9.17, 15) is 9.59 Å². The molecule has 0 fully saturated rings. The molecular weight excluding hydrogens is 306 g/mol. The third-order valence-corrected chi connectivity index (χ3v) is 3.55. The van der Waals surface area contributed by atoms with Gasteiger partial charge in [0.1, 0.15) is 5.69 Å². The summed E-state index contributed by atoms with van der Waals surface area (Å²) in [6.07, 6.45) is 0.143. The molecule has 122 valence electrons. The van der Waals surface area contributed by atoms with Crippen molar-refractivity contribution >= 4 is 22.8 Å². The standard InChI is InChI=1S/C18H17N3O3/c22-17(12-15-14-8-4-5-9-16(14)24-21-15)19-10-11-20-18(23)13-6-2-1-3-7-13/h1-9H,10-12H2,(H,19,22)(H,20,23). The molecule has 2 amide bonds. The van der Waals surface area contributed by atoms with E-state index in [1.807, 2.05) is 30.3 Å². The number of nitrogens with one attached hydrogen (secondary N) is 2. The number of carbonyl (C=O) groups is 2. The maximum absolute atomic E-state index is 12.0. The van der Waals surface area contributed by atoms with Gasteiger partial charge in [-0.1, -0.05) is 35.5 Å². The van der Waals surface area contributed by atoms with E-state index in [0.717, 1.165) is 5.39 Å². The first-order chi connectivity index (χ1) is 11.7. The molecule has 3 aromatic rings. The van der Waals surface area contributed by atoms with Gasteiger partial charge in [0.15, 0.2) is 5.58 Å². The zero-order valence-electron chi connectivity index (χ0n) is 13.0. The smallest absolute Gasteiger partial charge is 0.251 e. The largest absolute Gasteiger partial charge is 0.356 e. The van der Waals surface area contributed by atoms with Crippen molar-refractivity contribution in [2.45, 2.75) is 6.42 Å². The molecule has 1 aromatic heterocycles. The molecule has 2 aromatic carbocycles. The number of carbonyl (C=O) groups excluding carboxylic acids is 2. The van der Waals surface area contributed by atoms with Gasteiger partial charge in [0.2, 0.25) is 5.91 Å². The number of benzene rings is 2. The minimum atomic E-state index is -0.164. The molecule has 3 rings (SSSR count). The highest BCUT2D eigenvalue weighted by Crippen LogP contribution is 2.17. The Morgan fingerprint density at radius 3 is 2.46 bits per heavy atom. The number of rotatable bonds is 6. The molecule has 0 bridgehead atoms. The molecule has 0 aliphatic carbocycles. The van der Waals surface area contributed by atoms with Crippen molar-refractivity contribution in [1.29, 1.82) is 0 Å². The number of para-hydroxylation sites is 1. The van der Waals surface area contributed by atoms with E-state index in [1.54, 1.807) is 24.3 Å². The lowest BCUT2D eigenvalue weighted by Crippen LogP contribution is -2.35. The van der Waals surface area contributed by atoms with Crippen LogP contribution < -0.4 is 10.6 Å². The van der Waals surface area contributed by atoms with Crippen molar-refractivity contribution in [3.8, 4) is 0 Å². The number of amides is 2. The summed E-state index contributed by atoms with van der Waals surface area (Å²) >= 11 is 0. The van der Waals surface area contributed by atoms with Crippen LogP contribution in [0.3, 0.4) is 0 Å². The summed E-state index contributed by atoms with van der Waals surface area (Å²) in [6.45, 7) is 0.715. The van der Waals surface area contributed by atoms with Crippen LogP contribution in [0.2, 0.25) is 0 Å². The molecule has 0 atom stereocenters. The van der Waals surface area contributed by atoms with Gasteiger partial charge in [-0.3, -0.25) is 9.59 Å². The lowest BCUT2D eigenvalue weighted by molar-refractivity contribution is -0.120. The van der Waals surface area contributed by atoms with Gasteiger partial charge in [0.25, 0.3) is 5.91 Å². The van der Waals surface area contributed by atoms with Crippen LogP contribution in [0.25, 0.3) is 11.0 Å². The van der Waals surface area contributed by atoms with E-state index in [1.165, 1.54) is 0 Å². The van der Waals surface area contributed by atoms with E-state index in [4.69, 9.17) is 4.52 Å². The fraction of sp³-hybridized carbons (Fsp3) is 0.167. The fourth-order valence-corrected chi connectivity index (χ4v) is 2.35. The molecule has 0 aliphatic heterocycles. The Kier molecular flexibility index (Phi) is 4.86. The van der Waals surface area contributed by atoms with Crippen LogP contribution >= 0.6 is 0 Å². The molecule has 24 heavy (non-hydrogen) atoms. The Morgan fingerprint density at radius 1 is 0.917 bits per heavy atom. The molecule has 2 N–H and O–H groups in total. The minimum absolute atomic E-state index is 0.143. The van der Waals surface area contributed by atoms with Crippen LogP contribution in [0.4, 0.5) is 0 Å². The minimum Gasteiger partial charge on any atom is -0.356 e. The zero-order valence-corrected chi connectivity index (χ0v) is 13.0. The molecular formula is C18H17N3O3. The van der Waals surface area contributed by atoms with Crippen molar-refractivity contribution < 1.29 is 14.1 Å². The maximum Gasteiger partial charge on any atom is 0.251 e. The lowest BCUT2D eigenvalue weighted by atomic mass is 10.1. The quantitative estimate of drug-likeness (QED) is 0.679. The van der Waals surface area contributed by atoms with Gasteiger partial charge in [-0.05, 0) is 24.3 Å². The molecule has 1 heterocycles. The lowest BCUT2D eigenvalue weighted by Gasteiger charge is -2.06. The van der Waals surface area contributed by atoms with Gasteiger partial charge in [0, 0.05) is 24.0 Å². The van der Waals surface area contributed by atoms with Crippen LogP contribution in [0.15, 0.2) is 59.1 Å². The Morgan fingerprint density at radius 2 is 1.62 bits per heavy atom. The summed E-state index contributed by atoms with van der Waals surface area (Å²) in [5.41, 5.74) is 1.87.